The minimum absolute atomic E-state index is 0.237. The molecule has 0 radical (unpaired) electrons. The molecule has 14 heavy (non-hydrogen) atoms. The zero-order valence-corrected chi connectivity index (χ0v) is 6.84. The Morgan fingerprint density at radius 3 is 2.93 bits per heavy atom. The van der Waals surface area contributed by atoms with E-state index in [9.17, 15) is 14.9 Å². The topological polar surface area (TPSA) is 86.2 Å². The van der Waals surface area contributed by atoms with E-state index in [1.165, 1.54) is 18.2 Å². The zero-order valence-electron chi connectivity index (χ0n) is 6.84. The van der Waals surface area contributed by atoms with Gasteiger partial charge in [-0.15, -0.1) is 0 Å². The van der Waals surface area contributed by atoms with Crippen LogP contribution in [0.25, 0.3) is 11.1 Å². The highest BCUT2D eigenvalue weighted by Crippen LogP contribution is 2.20. The van der Waals surface area contributed by atoms with Crippen LogP contribution in [-0.4, -0.2) is 16.2 Å². The molecule has 0 aliphatic rings. The van der Waals surface area contributed by atoms with E-state index in [1.807, 2.05) is 0 Å². The van der Waals surface area contributed by atoms with Crippen molar-refractivity contribution in [1.29, 1.82) is 0 Å². The summed E-state index contributed by atoms with van der Waals surface area (Å²) in [5.41, 5.74) is 0.993. The molecule has 0 spiro atoms. The Labute approximate surface area is 77.3 Å². The van der Waals surface area contributed by atoms with Crippen LogP contribution >= 0.6 is 0 Å². The summed E-state index contributed by atoms with van der Waals surface area (Å²) in [5.74, 6) is 0. The molecule has 0 amide bonds. The number of aromatic nitrogens is 1. The summed E-state index contributed by atoms with van der Waals surface area (Å²) < 4.78 is 4.80. The number of fused-ring (bicyclic) bond motifs is 1. The van der Waals surface area contributed by atoms with Crippen molar-refractivity contribution in [2.45, 2.75) is 0 Å². The maximum atomic E-state index is 10.4. The summed E-state index contributed by atoms with van der Waals surface area (Å²) in [6.07, 6.45) is 0.633. The molecular weight excluding hydrogens is 188 g/mol. The van der Waals surface area contributed by atoms with Gasteiger partial charge in [0.15, 0.2) is 5.58 Å². The standard InChI is InChI=1S/C8H4N2O4/c11-4-5-1-2-6-7(3-5)14-8(9-6)10(12)13/h1-4H. The van der Waals surface area contributed by atoms with E-state index in [-0.39, 0.29) is 5.58 Å². The second-order valence-corrected chi connectivity index (χ2v) is 2.60. The maximum Gasteiger partial charge on any atom is 0.546 e. The van der Waals surface area contributed by atoms with Crippen molar-refractivity contribution < 1.29 is 14.1 Å². The van der Waals surface area contributed by atoms with E-state index >= 15 is 0 Å². The van der Waals surface area contributed by atoms with Gasteiger partial charge in [-0.25, -0.2) is 0 Å². The van der Waals surface area contributed by atoms with E-state index in [1.54, 1.807) is 0 Å². The lowest BCUT2D eigenvalue weighted by molar-refractivity contribution is -0.406. The third-order valence-corrected chi connectivity index (χ3v) is 1.69. The molecule has 6 heteroatoms. The van der Waals surface area contributed by atoms with E-state index in [2.05, 4.69) is 4.98 Å². The Hall–Kier alpha value is -2.24. The SMILES string of the molecule is O=Cc1ccc2nc([N+](=O)[O-])oc2c1. The number of benzene rings is 1. The Bertz CT molecular complexity index is 517. The van der Waals surface area contributed by atoms with Crippen LogP contribution in [0.3, 0.4) is 0 Å². The molecule has 0 saturated heterocycles. The minimum atomic E-state index is -0.722. The number of oxazole rings is 1. The van der Waals surface area contributed by atoms with Gasteiger partial charge in [-0.2, -0.15) is 0 Å². The number of carbonyl (C=O) groups is 1. The van der Waals surface area contributed by atoms with Crippen LogP contribution in [0.15, 0.2) is 22.6 Å². The Morgan fingerprint density at radius 1 is 1.50 bits per heavy atom. The molecule has 0 atom stereocenters. The van der Waals surface area contributed by atoms with Crippen molar-refractivity contribution in [3.63, 3.8) is 0 Å². The van der Waals surface area contributed by atoms with Crippen molar-refractivity contribution in [1.82, 2.24) is 4.98 Å². The van der Waals surface area contributed by atoms with Gasteiger partial charge in [0.05, 0.1) is 0 Å². The monoisotopic (exact) mass is 192 g/mol. The average molecular weight is 192 g/mol. The quantitative estimate of drug-likeness (QED) is 0.409. The van der Waals surface area contributed by atoms with E-state index in [4.69, 9.17) is 4.42 Å². The first-order valence-electron chi connectivity index (χ1n) is 3.71. The van der Waals surface area contributed by atoms with Gasteiger partial charge in [0, 0.05) is 15.5 Å². The fraction of sp³-hybridized carbons (Fsp3) is 0. The van der Waals surface area contributed by atoms with E-state index < -0.39 is 10.9 Å². The number of hydrogen-bond acceptors (Lipinski definition) is 5. The fourth-order valence-electron chi connectivity index (χ4n) is 1.08. The predicted octanol–water partition coefficient (Wildman–Crippen LogP) is 1.55. The second kappa shape index (κ2) is 2.91. The van der Waals surface area contributed by atoms with Crippen molar-refractivity contribution in [2.75, 3.05) is 0 Å². The minimum Gasteiger partial charge on any atom is -0.381 e. The molecule has 1 heterocycles. The number of nitrogens with zero attached hydrogens (tertiary/aromatic N) is 2. The van der Waals surface area contributed by atoms with Crippen LogP contribution in [0.2, 0.25) is 0 Å². The van der Waals surface area contributed by atoms with Gasteiger partial charge in [-0.05, 0) is 18.2 Å². The zero-order chi connectivity index (χ0) is 10.1. The first kappa shape index (κ1) is 8.36. The summed E-state index contributed by atoms with van der Waals surface area (Å²) in [6.45, 7) is 0. The van der Waals surface area contributed by atoms with Gasteiger partial charge >= 0.3 is 6.01 Å². The largest absolute Gasteiger partial charge is 0.546 e. The van der Waals surface area contributed by atoms with Gasteiger partial charge < -0.3 is 14.5 Å². The lowest BCUT2D eigenvalue weighted by Gasteiger charge is -1.84. The van der Waals surface area contributed by atoms with Gasteiger partial charge in [0.1, 0.15) is 6.29 Å². The fourth-order valence-corrected chi connectivity index (χ4v) is 1.08. The van der Waals surface area contributed by atoms with Crippen molar-refractivity contribution in [2.24, 2.45) is 0 Å². The smallest absolute Gasteiger partial charge is 0.381 e. The van der Waals surface area contributed by atoms with Crippen LogP contribution in [0.1, 0.15) is 10.4 Å². The lowest BCUT2D eigenvalue weighted by Crippen LogP contribution is -1.85. The van der Waals surface area contributed by atoms with Crippen molar-refractivity contribution in [3.05, 3.63) is 33.9 Å². The van der Waals surface area contributed by atoms with Gasteiger partial charge in [-0.1, -0.05) is 0 Å². The van der Waals surface area contributed by atoms with Crippen LogP contribution in [-0.2, 0) is 0 Å². The summed E-state index contributed by atoms with van der Waals surface area (Å²) in [7, 11) is 0. The molecule has 0 aliphatic carbocycles. The van der Waals surface area contributed by atoms with Gasteiger partial charge in [0.2, 0.25) is 5.52 Å². The first-order chi connectivity index (χ1) is 6.70. The molecule has 2 aromatic rings. The molecule has 0 unspecified atom stereocenters. The highest BCUT2D eigenvalue weighted by Gasteiger charge is 2.17. The highest BCUT2D eigenvalue weighted by molar-refractivity contribution is 5.83. The molecular formula is C8H4N2O4. The van der Waals surface area contributed by atoms with E-state index in [0.717, 1.165) is 0 Å². The van der Waals surface area contributed by atoms with Gasteiger partial charge in [0.25, 0.3) is 0 Å². The number of hydrogen-bond donors (Lipinski definition) is 0. The van der Waals surface area contributed by atoms with Crippen molar-refractivity contribution in [3.8, 4) is 0 Å². The van der Waals surface area contributed by atoms with Crippen LogP contribution < -0.4 is 0 Å². The molecule has 0 fully saturated rings. The molecule has 0 saturated carbocycles. The normalized spacial score (nSPS) is 10.3. The molecule has 0 N–H and O–H groups in total. The lowest BCUT2D eigenvalue weighted by atomic mass is 10.2. The molecule has 1 aromatic carbocycles. The van der Waals surface area contributed by atoms with Crippen molar-refractivity contribution >= 4 is 23.4 Å². The summed E-state index contributed by atoms with van der Waals surface area (Å²) in [5, 5.41) is 10.3. The molecule has 70 valence electrons. The number of rotatable bonds is 2. The molecule has 1 aromatic heterocycles. The molecule has 2 rings (SSSR count). The number of aldehydes is 1. The second-order valence-electron chi connectivity index (χ2n) is 2.60. The predicted molar refractivity (Wildman–Crippen MR) is 46.1 cm³/mol. The summed E-state index contributed by atoms with van der Waals surface area (Å²) in [4.78, 5) is 23.6. The first-order valence-corrected chi connectivity index (χ1v) is 3.71. The summed E-state index contributed by atoms with van der Waals surface area (Å²) >= 11 is 0. The highest BCUT2D eigenvalue weighted by atomic mass is 16.7. The Kier molecular flexibility index (Phi) is 1.74. The Morgan fingerprint density at radius 2 is 2.29 bits per heavy atom. The van der Waals surface area contributed by atoms with Crippen LogP contribution in [0.4, 0.5) is 6.01 Å². The summed E-state index contributed by atoms with van der Waals surface area (Å²) in [6, 6.07) is 3.85. The molecule has 0 bridgehead atoms. The van der Waals surface area contributed by atoms with Gasteiger partial charge in [-0.3, -0.25) is 4.79 Å². The molecule has 0 aliphatic heterocycles. The Balaban J connectivity index is 2.65. The average Bonchev–Trinajstić information content (AvgIpc) is 2.59. The maximum absolute atomic E-state index is 10.4. The molecule has 6 nitrogen and oxygen atoms in total. The van der Waals surface area contributed by atoms with E-state index in [0.29, 0.717) is 17.4 Å². The van der Waals surface area contributed by atoms with Crippen LogP contribution in [0.5, 0.6) is 0 Å². The third-order valence-electron chi connectivity index (χ3n) is 1.69. The number of nitro groups is 1. The number of carbonyl (C=O) groups excluding carboxylic acids is 1. The third kappa shape index (κ3) is 1.22. The van der Waals surface area contributed by atoms with Crippen LogP contribution in [0, 0.1) is 10.1 Å².